The molecule has 0 bridgehead atoms. The molecule has 0 aliphatic rings. The second kappa shape index (κ2) is 10.9. The lowest BCUT2D eigenvalue weighted by molar-refractivity contribution is 0.476. The molecule has 0 aromatic heterocycles. The summed E-state index contributed by atoms with van der Waals surface area (Å²) in [5.41, 5.74) is 2.11. The first-order valence-electron chi connectivity index (χ1n) is 9.82. The normalized spacial score (nSPS) is 13.0. The largest absolute Gasteiger partial charge is 0.457 e. The van der Waals surface area contributed by atoms with E-state index in [1.165, 1.54) is 6.26 Å². The summed E-state index contributed by atoms with van der Waals surface area (Å²) in [5, 5.41) is 6.48. The van der Waals surface area contributed by atoms with Crippen molar-refractivity contribution < 1.29 is 13.2 Å². The Kier molecular flexibility index (Phi) is 8.51. The van der Waals surface area contributed by atoms with Crippen LogP contribution in [0.2, 0.25) is 0 Å². The molecular weight excluding hydrogens is 386 g/mol. The SMILES string of the molecule is CCNC(=NCc1ccccc1Oc1cccc(C)c1)NC(C)CCS(C)(=O)=O. The molecule has 1 atom stereocenters. The molecule has 0 spiro atoms. The Balaban J connectivity index is 2.08. The maximum Gasteiger partial charge on any atom is 0.191 e. The van der Waals surface area contributed by atoms with Crippen molar-refractivity contribution in [3.05, 3.63) is 59.7 Å². The van der Waals surface area contributed by atoms with Gasteiger partial charge in [0.15, 0.2) is 5.96 Å². The van der Waals surface area contributed by atoms with Gasteiger partial charge in [0.2, 0.25) is 0 Å². The fourth-order valence-electron chi connectivity index (χ4n) is 2.72. The number of aryl methyl sites for hydroxylation is 1. The Morgan fingerprint density at radius 3 is 2.62 bits per heavy atom. The van der Waals surface area contributed by atoms with Crippen LogP contribution in [0.1, 0.15) is 31.4 Å². The third-order valence-corrected chi connectivity index (χ3v) is 5.22. The van der Waals surface area contributed by atoms with Crippen LogP contribution in [-0.4, -0.2) is 39.0 Å². The standard InChI is InChI=1S/C22H31N3O3S/c1-5-23-22(25-18(3)13-14-29(4,26)27)24-16-19-10-6-7-12-21(19)28-20-11-8-9-17(2)15-20/h6-12,15,18H,5,13-14,16H2,1-4H3,(H2,23,24,25). The second-order valence-electron chi connectivity index (χ2n) is 7.19. The van der Waals surface area contributed by atoms with Crippen molar-refractivity contribution in [3.63, 3.8) is 0 Å². The molecule has 29 heavy (non-hydrogen) atoms. The number of hydrogen-bond donors (Lipinski definition) is 2. The summed E-state index contributed by atoms with van der Waals surface area (Å²) in [6.07, 6.45) is 1.78. The first kappa shape index (κ1) is 22.7. The van der Waals surface area contributed by atoms with E-state index < -0.39 is 9.84 Å². The highest BCUT2D eigenvalue weighted by Crippen LogP contribution is 2.26. The van der Waals surface area contributed by atoms with E-state index in [0.29, 0.717) is 25.5 Å². The molecule has 0 saturated carbocycles. The Morgan fingerprint density at radius 1 is 1.17 bits per heavy atom. The molecule has 0 aliphatic carbocycles. The predicted molar refractivity (Wildman–Crippen MR) is 119 cm³/mol. The first-order chi connectivity index (χ1) is 13.8. The highest BCUT2D eigenvalue weighted by Gasteiger charge is 2.10. The van der Waals surface area contributed by atoms with Crippen molar-refractivity contribution >= 4 is 15.8 Å². The molecule has 2 aromatic carbocycles. The molecule has 0 saturated heterocycles. The minimum absolute atomic E-state index is 0.0127. The highest BCUT2D eigenvalue weighted by atomic mass is 32.2. The van der Waals surface area contributed by atoms with E-state index in [2.05, 4.69) is 15.6 Å². The third-order valence-electron chi connectivity index (χ3n) is 4.25. The van der Waals surface area contributed by atoms with Gasteiger partial charge in [0.1, 0.15) is 21.3 Å². The van der Waals surface area contributed by atoms with Crippen molar-refractivity contribution in [2.45, 2.75) is 39.8 Å². The van der Waals surface area contributed by atoms with Crippen LogP contribution in [0.25, 0.3) is 0 Å². The van der Waals surface area contributed by atoms with Gasteiger partial charge in [-0.1, -0.05) is 30.3 Å². The lowest BCUT2D eigenvalue weighted by atomic mass is 10.2. The van der Waals surface area contributed by atoms with E-state index in [9.17, 15) is 8.42 Å². The zero-order chi connectivity index (χ0) is 21.3. The summed E-state index contributed by atoms with van der Waals surface area (Å²) in [4.78, 5) is 4.65. The number of nitrogens with one attached hydrogen (secondary N) is 2. The van der Waals surface area contributed by atoms with Crippen LogP contribution in [-0.2, 0) is 16.4 Å². The molecule has 1 unspecified atom stereocenters. The average Bonchev–Trinajstić information content (AvgIpc) is 2.65. The number of guanidine groups is 1. The predicted octanol–water partition coefficient (Wildman–Crippen LogP) is 3.67. The van der Waals surface area contributed by atoms with Crippen LogP contribution >= 0.6 is 0 Å². The second-order valence-corrected chi connectivity index (χ2v) is 9.45. The van der Waals surface area contributed by atoms with Crippen LogP contribution in [0.5, 0.6) is 11.5 Å². The van der Waals surface area contributed by atoms with Crippen LogP contribution in [0.4, 0.5) is 0 Å². The highest BCUT2D eigenvalue weighted by molar-refractivity contribution is 7.90. The molecule has 7 heteroatoms. The third kappa shape index (κ3) is 8.56. The maximum absolute atomic E-state index is 11.4. The average molecular weight is 418 g/mol. The van der Waals surface area contributed by atoms with Crippen molar-refractivity contribution in [2.75, 3.05) is 18.6 Å². The van der Waals surface area contributed by atoms with Crippen LogP contribution in [0.3, 0.4) is 0 Å². The Morgan fingerprint density at radius 2 is 1.93 bits per heavy atom. The van der Waals surface area contributed by atoms with E-state index in [-0.39, 0.29) is 11.8 Å². The molecule has 0 heterocycles. The summed E-state index contributed by atoms with van der Waals surface area (Å²) >= 11 is 0. The lowest BCUT2D eigenvalue weighted by Crippen LogP contribution is -2.42. The van der Waals surface area contributed by atoms with Crippen molar-refractivity contribution in [2.24, 2.45) is 4.99 Å². The van der Waals surface area contributed by atoms with Crippen LogP contribution in [0.15, 0.2) is 53.5 Å². The fraction of sp³-hybridized carbons (Fsp3) is 0.409. The molecule has 6 nitrogen and oxygen atoms in total. The van der Waals surface area contributed by atoms with E-state index in [0.717, 1.165) is 22.6 Å². The van der Waals surface area contributed by atoms with Gasteiger partial charge in [-0.2, -0.15) is 0 Å². The summed E-state index contributed by atoms with van der Waals surface area (Å²) in [6, 6.07) is 15.7. The summed E-state index contributed by atoms with van der Waals surface area (Å²) in [7, 11) is -2.98. The fourth-order valence-corrected chi connectivity index (χ4v) is 3.50. The van der Waals surface area contributed by atoms with Crippen molar-refractivity contribution in [1.82, 2.24) is 10.6 Å². The number of sulfone groups is 1. The number of benzene rings is 2. The molecule has 0 aliphatic heterocycles. The molecular formula is C22H31N3O3S. The van der Waals surface area contributed by atoms with Gasteiger partial charge in [0, 0.05) is 24.4 Å². The Hall–Kier alpha value is -2.54. The molecule has 0 fully saturated rings. The molecule has 2 N–H and O–H groups in total. The zero-order valence-electron chi connectivity index (χ0n) is 17.6. The number of para-hydroxylation sites is 1. The smallest absolute Gasteiger partial charge is 0.191 e. The van der Waals surface area contributed by atoms with E-state index in [1.807, 2.05) is 69.3 Å². The van der Waals surface area contributed by atoms with E-state index in [4.69, 9.17) is 4.74 Å². The monoisotopic (exact) mass is 417 g/mol. The van der Waals surface area contributed by atoms with Gasteiger partial charge in [-0.05, 0) is 51.0 Å². The van der Waals surface area contributed by atoms with Gasteiger partial charge in [0.25, 0.3) is 0 Å². The van der Waals surface area contributed by atoms with Gasteiger partial charge in [0.05, 0.1) is 12.3 Å². The van der Waals surface area contributed by atoms with Gasteiger partial charge < -0.3 is 15.4 Å². The lowest BCUT2D eigenvalue weighted by Gasteiger charge is -2.18. The summed E-state index contributed by atoms with van der Waals surface area (Å²) in [6.45, 7) is 7.13. The molecule has 2 rings (SSSR count). The van der Waals surface area contributed by atoms with Gasteiger partial charge in [-0.3, -0.25) is 0 Å². The van der Waals surface area contributed by atoms with Crippen LogP contribution < -0.4 is 15.4 Å². The number of nitrogens with zero attached hydrogens (tertiary/aromatic N) is 1. The Labute approximate surface area is 174 Å². The van der Waals surface area contributed by atoms with Gasteiger partial charge >= 0.3 is 0 Å². The van der Waals surface area contributed by atoms with Gasteiger partial charge in [-0.15, -0.1) is 0 Å². The zero-order valence-corrected chi connectivity index (χ0v) is 18.4. The van der Waals surface area contributed by atoms with Crippen LogP contribution in [0, 0.1) is 6.92 Å². The topological polar surface area (TPSA) is 79.8 Å². The Bertz CT molecular complexity index is 926. The van der Waals surface area contributed by atoms with Crippen molar-refractivity contribution in [1.29, 1.82) is 0 Å². The number of ether oxygens (including phenoxy) is 1. The number of rotatable bonds is 9. The molecule has 2 aromatic rings. The summed E-state index contributed by atoms with van der Waals surface area (Å²) < 4.78 is 28.8. The quantitative estimate of drug-likeness (QED) is 0.481. The minimum atomic E-state index is -2.98. The first-order valence-corrected chi connectivity index (χ1v) is 11.9. The summed E-state index contributed by atoms with van der Waals surface area (Å²) in [5.74, 6) is 2.36. The van der Waals surface area contributed by atoms with Gasteiger partial charge in [-0.25, -0.2) is 13.4 Å². The van der Waals surface area contributed by atoms with Crippen molar-refractivity contribution in [3.8, 4) is 11.5 Å². The molecule has 0 amide bonds. The minimum Gasteiger partial charge on any atom is -0.457 e. The van der Waals surface area contributed by atoms with E-state index in [1.54, 1.807) is 0 Å². The van der Waals surface area contributed by atoms with E-state index >= 15 is 0 Å². The number of hydrogen-bond acceptors (Lipinski definition) is 4. The molecule has 0 radical (unpaired) electrons. The molecule has 158 valence electrons. The maximum atomic E-state index is 11.4. The number of aliphatic imine (C=N–C) groups is 1.